The molecule has 0 amide bonds. The Balaban J connectivity index is 2.03. The van der Waals surface area contributed by atoms with Gasteiger partial charge in [0.1, 0.15) is 0 Å². The van der Waals surface area contributed by atoms with Crippen molar-refractivity contribution in [3.05, 3.63) is 0 Å². The van der Waals surface area contributed by atoms with Crippen molar-refractivity contribution in [1.29, 1.82) is 0 Å². The molecule has 0 radical (unpaired) electrons. The molecule has 64 valence electrons. The second kappa shape index (κ2) is 2.76. The standard InChI is InChI=1S/C9H18N2/c1-11(2)9-4-3-7-5-10-6-8(7)9/h7-10H,3-6H2,1-2H3/t7-,8+,9-/m0/s1. The minimum atomic E-state index is 0.856. The van der Waals surface area contributed by atoms with Gasteiger partial charge in [-0.15, -0.1) is 0 Å². The minimum absolute atomic E-state index is 0.856. The van der Waals surface area contributed by atoms with Crippen LogP contribution < -0.4 is 5.32 Å². The maximum absolute atomic E-state index is 3.48. The van der Waals surface area contributed by atoms with E-state index in [9.17, 15) is 0 Å². The second-order valence-corrected chi connectivity index (χ2v) is 4.19. The van der Waals surface area contributed by atoms with Crippen molar-refractivity contribution in [2.45, 2.75) is 18.9 Å². The third-order valence-electron chi connectivity index (χ3n) is 3.38. The second-order valence-electron chi connectivity index (χ2n) is 4.19. The van der Waals surface area contributed by atoms with Crippen molar-refractivity contribution in [1.82, 2.24) is 10.2 Å². The van der Waals surface area contributed by atoms with Gasteiger partial charge in [-0.05, 0) is 51.9 Å². The summed E-state index contributed by atoms with van der Waals surface area (Å²) < 4.78 is 0. The third-order valence-corrected chi connectivity index (χ3v) is 3.38. The molecular weight excluding hydrogens is 136 g/mol. The maximum atomic E-state index is 3.48. The molecule has 2 nitrogen and oxygen atoms in total. The molecule has 0 spiro atoms. The zero-order chi connectivity index (χ0) is 7.84. The van der Waals surface area contributed by atoms with Crippen LogP contribution in [0.3, 0.4) is 0 Å². The fourth-order valence-corrected chi connectivity index (χ4v) is 2.76. The van der Waals surface area contributed by atoms with Crippen LogP contribution >= 0.6 is 0 Å². The van der Waals surface area contributed by atoms with Crippen molar-refractivity contribution in [3.8, 4) is 0 Å². The maximum Gasteiger partial charge on any atom is 0.0133 e. The molecule has 1 aliphatic carbocycles. The van der Waals surface area contributed by atoms with Crippen LogP contribution in [0.5, 0.6) is 0 Å². The highest BCUT2D eigenvalue weighted by atomic mass is 15.1. The summed E-state index contributed by atoms with van der Waals surface area (Å²) in [5.41, 5.74) is 0. The molecule has 3 atom stereocenters. The first kappa shape index (κ1) is 7.56. The molecular formula is C9H18N2. The number of nitrogens with one attached hydrogen (secondary N) is 1. The molecule has 0 unspecified atom stereocenters. The van der Waals surface area contributed by atoms with Gasteiger partial charge in [0, 0.05) is 6.04 Å². The monoisotopic (exact) mass is 154 g/mol. The highest BCUT2D eigenvalue weighted by Crippen LogP contribution is 2.36. The first-order valence-corrected chi connectivity index (χ1v) is 4.66. The Kier molecular flexibility index (Phi) is 1.90. The molecule has 2 fully saturated rings. The van der Waals surface area contributed by atoms with Crippen LogP contribution in [0.25, 0.3) is 0 Å². The van der Waals surface area contributed by atoms with E-state index in [-0.39, 0.29) is 0 Å². The lowest BCUT2D eigenvalue weighted by atomic mass is 9.97. The van der Waals surface area contributed by atoms with Crippen molar-refractivity contribution < 1.29 is 0 Å². The molecule has 11 heavy (non-hydrogen) atoms. The highest BCUT2D eigenvalue weighted by Gasteiger charge is 2.39. The molecule has 1 aliphatic heterocycles. The molecule has 0 aromatic heterocycles. The largest absolute Gasteiger partial charge is 0.316 e. The van der Waals surface area contributed by atoms with E-state index in [1.807, 2.05) is 0 Å². The molecule has 2 heteroatoms. The Morgan fingerprint density at radius 3 is 2.73 bits per heavy atom. The van der Waals surface area contributed by atoms with E-state index in [0.717, 1.165) is 17.9 Å². The van der Waals surface area contributed by atoms with Crippen LogP contribution in [0.1, 0.15) is 12.8 Å². The molecule has 2 aliphatic rings. The minimum Gasteiger partial charge on any atom is -0.316 e. The van der Waals surface area contributed by atoms with Gasteiger partial charge in [-0.1, -0.05) is 0 Å². The Bertz CT molecular complexity index is 144. The lowest BCUT2D eigenvalue weighted by molar-refractivity contribution is 0.236. The fraction of sp³-hybridized carbons (Fsp3) is 1.00. The van der Waals surface area contributed by atoms with E-state index in [1.54, 1.807) is 0 Å². The van der Waals surface area contributed by atoms with Crippen molar-refractivity contribution in [2.75, 3.05) is 27.2 Å². The molecule has 0 aromatic rings. The van der Waals surface area contributed by atoms with Gasteiger partial charge in [-0.2, -0.15) is 0 Å². The molecule has 0 bridgehead atoms. The summed E-state index contributed by atoms with van der Waals surface area (Å²) in [6, 6.07) is 0.856. The van der Waals surface area contributed by atoms with E-state index in [1.165, 1.54) is 25.9 Å². The summed E-state index contributed by atoms with van der Waals surface area (Å²) in [7, 11) is 4.43. The number of rotatable bonds is 1. The van der Waals surface area contributed by atoms with E-state index in [0.29, 0.717) is 0 Å². The first-order chi connectivity index (χ1) is 5.29. The Labute approximate surface area is 69.0 Å². The number of fused-ring (bicyclic) bond motifs is 1. The SMILES string of the molecule is CN(C)[C@H]1CC[C@H]2CNC[C@H]21. The zero-order valence-corrected chi connectivity index (χ0v) is 7.51. The molecule has 1 heterocycles. The van der Waals surface area contributed by atoms with Gasteiger partial charge >= 0.3 is 0 Å². The Hall–Kier alpha value is -0.0800. The lowest BCUT2D eigenvalue weighted by Crippen LogP contribution is -2.34. The topological polar surface area (TPSA) is 15.3 Å². The summed E-state index contributed by atoms with van der Waals surface area (Å²) in [6.45, 7) is 2.53. The number of hydrogen-bond donors (Lipinski definition) is 1. The predicted octanol–water partition coefficient (Wildman–Crippen LogP) is 0.546. The molecule has 0 aromatic carbocycles. The van der Waals surface area contributed by atoms with Crippen LogP contribution in [0, 0.1) is 11.8 Å². The summed E-state index contributed by atoms with van der Waals surface area (Å²) in [6.07, 6.45) is 2.87. The summed E-state index contributed by atoms with van der Waals surface area (Å²) in [5.74, 6) is 1.94. The molecule has 1 saturated carbocycles. The van der Waals surface area contributed by atoms with Crippen molar-refractivity contribution in [2.24, 2.45) is 11.8 Å². The van der Waals surface area contributed by atoms with E-state index >= 15 is 0 Å². The Morgan fingerprint density at radius 1 is 1.18 bits per heavy atom. The van der Waals surface area contributed by atoms with E-state index < -0.39 is 0 Å². The lowest BCUT2D eigenvalue weighted by Gasteiger charge is -2.24. The van der Waals surface area contributed by atoms with Crippen LogP contribution in [0.15, 0.2) is 0 Å². The average molecular weight is 154 g/mol. The molecule has 2 rings (SSSR count). The molecule has 1 saturated heterocycles. The number of hydrogen-bond acceptors (Lipinski definition) is 2. The fourth-order valence-electron chi connectivity index (χ4n) is 2.76. The smallest absolute Gasteiger partial charge is 0.0133 e. The van der Waals surface area contributed by atoms with E-state index in [2.05, 4.69) is 24.3 Å². The van der Waals surface area contributed by atoms with Gasteiger partial charge < -0.3 is 10.2 Å². The normalized spacial score (nSPS) is 43.4. The van der Waals surface area contributed by atoms with Gasteiger partial charge in [0.25, 0.3) is 0 Å². The van der Waals surface area contributed by atoms with Gasteiger partial charge in [-0.25, -0.2) is 0 Å². The van der Waals surface area contributed by atoms with Crippen molar-refractivity contribution >= 4 is 0 Å². The van der Waals surface area contributed by atoms with Gasteiger partial charge in [0.05, 0.1) is 0 Å². The van der Waals surface area contributed by atoms with E-state index in [4.69, 9.17) is 0 Å². The van der Waals surface area contributed by atoms with Gasteiger partial charge in [-0.3, -0.25) is 0 Å². The third kappa shape index (κ3) is 1.18. The number of nitrogens with zero attached hydrogens (tertiary/aromatic N) is 1. The summed E-state index contributed by atoms with van der Waals surface area (Å²) in [4.78, 5) is 2.40. The van der Waals surface area contributed by atoms with Crippen LogP contribution in [0.2, 0.25) is 0 Å². The van der Waals surface area contributed by atoms with Gasteiger partial charge in [0.2, 0.25) is 0 Å². The van der Waals surface area contributed by atoms with Crippen LogP contribution in [0.4, 0.5) is 0 Å². The quantitative estimate of drug-likeness (QED) is 0.593. The molecule has 1 N–H and O–H groups in total. The van der Waals surface area contributed by atoms with Crippen LogP contribution in [-0.2, 0) is 0 Å². The highest BCUT2D eigenvalue weighted by molar-refractivity contribution is 4.95. The Morgan fingerprint density at radius 2 is 2.00 bits per heavy atom. The predicted molar refractivity (Wildman–Crippen MR) is 46.6 cm³/mol. The van der Waals surface area contributed by atoms with Crippen LogP contribution in [-0.4, -0.2) is 38.1 Å². The van der Waals surface area contributed by atoms with Crippen molar-refractivity contribution in [3.63, 3.8) is 0 Å². The first-order valence-electron chi connectivity index (χ1n) is 4.66. The zero-order valence-electron chi connectivity index (χ0n) is 7.51. The summed E-state index contributed by atoms with van der Waals surface area (Å²) in [5, 5.41) is 3.48. The van der Waals surface area contributed by atoms with Gasteiger partial charge in [0.15, 0.2) is 0 Å². The average Bonchev–Trinajstić information content (AvgIpc) is 2.41. The summed E-state index contributed by atoms with van der Waals surface area (Å²) >= 11 is 0.